The maximum Gasteiger partial charge on any atom is 0.303 e. The van der Waals surface area contributed by atoms with E-state index in [0.717, 1.165) is 11.1 Å². The first-order valence-electron chi connectivity index (χ1n) is 5.83. The number of nitrogens with zero attached hydrogens (tertiary/aromatic N) is 1. The molecule has 2 aromatic heterocycles. The third kappa shape index (κ3) is 2.90. The van der Waals surface area contributed by atoms with Crippen LogP contribution in [0.3, 0.4) is 0 Å². The average molecular weight is 278 g/mol. The number of thiophene rings is 1. The SMILES string of the molecule is Cc1cscc1-c1nc(C)c(CCC(=O)O)c(=O)[nH]1. The molecule has 6 heteroatoms. The summed E-state index contributed by atoms with van der Waals surface area (Å²) in [4.78, 5) is 29.7. The van der Waals surface area contributed by atoms with Crippen LogP contribution in [0, 0.1) is 13.8 Å². The molecule has 2 N–H and O–H groups in total. The van der Waals surface area contributed by atoms with Crippen LogP contribution in [0.5, 0.6) is 0 Å². The van der Waals surface area contributed by atoms with Crippen LogP contribution < -0.4 is 5.56 Å². The maximum atomic E-state index is 12.0. The molecule has 0 fully saturated rings. The number of hydrogen-bond acceptors (Lipinski definition) is 4. The summed E-state index contributed by atoms with van der Waals surface area (Å²) in [6, 6.07) is 0. The summed E-state index contributed by atoms with van der Waals surface area (Å²) in [7, 11) is 0. The van der Waals surface area contributed by atoms with Crippen LogP contribution in [0.15, 0.2) is 15.6 Å². The van der Waals surface area contributed by atoms with E-state index in [1.54, 1.807) is 18.3 Å². The molecule has 0 bridgehead atoms. The molecule has 0 radical (unpaired) electrons. The Morgan fingerprint density at radius 3 is 2.68 bits per heavy atom. The summed E-state index contributed by atoms with van der Waals surface area (Å²) in [6.45, 7) is 3.69. The molecule has 0 atom stereocenters. The standard InChI is InChI=1S/C13H14N2O3S/c1-7-5-19-6-10(7)12-14-8(2)9(13(18)15-12)3-4-11(16)17/h5-6H,3-4H2,1-2H3,(H,16,17)(H,14,15,18). The Kier molecular flexibility index (Phi) is 3.80. The molecule has 0 aliphatic heterocycles. The van der Waals surface area contributed by atoms with E-state index in [1.807, 2.05) is 17.7 Å². The monoisotopic (exact) mass is 278 g/mol. The Hall–Kier alpha value is -1.95. The van der Waals surface area contributed by atoms with E-state index < -0.39 is 5.97 Å². The lowest BCUT2D eigenvalue weighted by atomic mass is 10.1. The van der Waals surface area contributed by atoms with Crippen LogP contribution in [0.4, 0.5) is 0 Å². The van der Waals surface area contributed by atoms with Gasteiger partial charge in [-0.1, -0.05) is 0 Å². The average Bonchev–Trinajstić information content (AvgIpc) is 2.73. The molecular weight excluding hydrogens is 264 g/mol. The van der Waals surface area contributed by atoms with Gasteiger partial charge in [0.25, 0.3) is 5.56 Å². The van der Waals surface area contributed by atoms with Crippen molar-refractivity contribution in [2.24, 2.45) is 0 Å². The molecule has 0 spiro atoms. The zero-order valence-electron chi connectivity index (χ0n) is 10.7. The summed E-state index contributed by atoms with van der Waals surface area (Å²) < 4.78 is 0. The number of carboxylic acids is 1. The van der Waals surface area contributed by atoms with Crippen LogP contribution in [0.25, 0.3) is 11.4 Å². The van der Waals surface area contributed by atoms with Crippen LogP contribution >= 0.6 is 11.3 Å². The minimum atomic E-state index is -0.920. The molecule has 2 rings (SSSR count). The largest absolute Gasteiger partial charge is 0.481 e. The predicted octanol–water partition coefficient (Wildman–Crippen LogP) is 2.13. The third-order valence-electron chi connectivity index (χ3n) is 2.92. The number of carbonyl (C=O) groups is 1. The van der Waals surface area contributed by atoms with Gasteiger partial charge in [-0.3, -0.25) is 9.59 Å². The fourth-order valence-electron chi connectivity index (χ4n) is 1.87. The van der Waals surface area contributed by atoms with Crippen molar-refractivity contribution in [1.82, 2.24) is 9.97 Å². The van der Waals surface area contributed by atoms with Gasteiger partial charge in [-0.15, -0.1) is 0 Å². The highest BCUT2D eigenvalue weighted by Crippen LogP contribution is 2.23. The van der Waals surface area contributed by atoms with E-state index >= 15 is 0 Å². The fourth-order valence-corrected chi connectivity index (χ4v) is 2.70. The smallest absolute Gasteiger partial charge is 0.303 e. The molecule has 100 valence electrons. The van der Waals surface area contributed by atoms with Gasteiger partial charge >= 0.3 is 5.97 Å². The number of aryl methyl sites for hydroxylation is 2. The maximum absolute atomic E-state index is 12.0. The van der Waals surface area contributed by atoms with Gasteiger partial charge in [0.1, 0.15) is 5.82 Å². The molecule has 0 saturated carbocycles. The molecule has 19 heavy (non-hydrogen) atoms. The van der Waals surface area contributed by atoms with Crippen molar-refractivity contribution in [3.05, 3.63) is 37.9 Å². The Morgan fingerprint density at radius 1 is 1.42 bits per heavy atom. The van der Waals surface area contributed by atoms with Gasteiger partial charge in [-0.2, -0.15) is 11.3 Å². The van der Waals surface area contributed by atoms with E-state index in [9.17, 15) is 9.59 Å². The Morgan fingerprint density at radius 2 is 2.16 bits per heavy atom. The first-order valence-corrected chi connectivity index (χ1v) is 6.78. The topological polar surface area (TPSA) is 83.0 Å². The summed E-state index contributed by atoms with van der Waals surface area (Å²) >= 11 is 1.55. The van der Waals surface area contributed by atoms with Gasteiger partial charge in [-0.05, 0) is 31.2 Å². The van der Waals surface area contributed by atoms with Crippen molar-refractivity contribution >= 4 is 17.3 Å². The predicted molar refractivity (Wildman–Crippen MR) is 73.6 cm³/mol. The number of aliphatic carboxylic acids is 1. The highest BCUT2D eigenvalue weighted by molar-refractivity contribution is 7.08. The number of rotatable bonds is 4. The number of aromatic amines is 1. The molecule has 2 aromatic rings. The van der Waals surface area contributed by atoms with Gasteiger partial charge < -0.3 is 10.1 Å². The number of hydrogen-bond donors (Lipinski definition) is 2. The molecule has 0 aliphatic carbocycles. The van der Waals surface area contributed by atoms with E-state index in [2.05, 4.69) is 9.97 Å². The molecule has 0 saturated heterocycles. The first kappa shape index (κ1) is 13.5. The second-order valence-electron chi connectivity index (χ2n) is 4.34. The van der Waals surface area contributed by atoms with Crippen LogP contribution in [0.1, 0.15) is 23.2 Å². The molecular formula is C13H14N2O3S. The minimum absolute atomic E-state index is 0.0670. The molecule has 0 aliphatic rings. The van der Waals surface area contributed by atoms with Crippen LogP contribution in [-0.2, 0) is 11.2 Å². The van der Waals surface area contributed by atoms with Crippen molar-refractivity contribution in [2.45, 2.75) is 26.7 Å². The minimum Gasteiger partial charge on any atom is -0.481 e. The number of aromatic nitrogens is 2. The zero-order valence-corrected chi connectivity index (χ0v) is 11.5. The van der Waals surface area contributed by atoms with Gasteiger partial charge in [0.2, 0.25) is 0 Å². The fraction of sp³-hybridized carbons (Fsp3) is 0.308. The number of carboxylic acid groups (broad SMARTS) is 1. The van der Waals surface area contributed by atoms with Gasteiger partial charge in [0, 0.05) is 28.6 Å². The lowest BCUT2D eigenvalue weighted by Gasteiger charge is -2.06. The lowest BCUT2D eigenvalue weighted by molar-refractivity contribution is -0.136. The van der Waals surface area contributed by atoms with E-state index in [0.29, 0.717) is 17.1 Å². The van der Waals surface area contributed by atoms with Crippen molar-refractivity contribution < 1.29 is 9.90 Å². The first-order chi connectivity index (χ1) is 8.99. The highest BCUT2D eigenvalue weighted by Gasteiger charge is 2.12. The lowest BCUT2D eigenvalue weighted by Crippen LogP contribution is -2.18. The quantitative estimate of drug-likeness (QED) is 0.897. The second-order valence-corrected chi connectivity index (χ2v) is 5.08. The number of nitrogens with one attached hydrogen (secondary N) is 1. The summed E-state index contributed by atoms with van der Waals surface area (Å²) in [5.74, 6) is -0.378. The summed E-state index contributed by atoms with van der Waals surface area (Å²) in [6.07, 6.45) is 0.134. The third-order valence-corrected chi connectivity index (χ3v) is 3.78. The normalized spacial score (nSPS) is 10.6. The Labute approximate surface area is 114 Å². The van der Waals surface area contributed by atoms with E-state index in [4.69, 9.17) is 5.11 Å². The molecule has 2 heterocycles. The van der Waals surface area contributed by atoms with E-state index in [-0.39, 0.29) is 18.4 Å². The van der Waals surface area contributed by atoms with Crippen LogP contribution in [-0.4, -0.2) is 21.0 Å². The molecule has 0 aromatic carbocycles. The van der Waals surface area contributed by atoms with Crippen molar-refractivity contribution in [3.63, 3.8) is 0 Å². The Bertz CT molecular complexity index is 673. The molecule has 0 unspecified atom stereocenters. The van der Waals surface area contributed by atoms with Gasteiger partial charge in [0.05, 0.1) is 0 Å². The van der Waals surface area contributed by atoms with Gasteiger partial charge in [0.15, 0.2) is 0 Å². The second kappa shape index (κ2) is 5.36. The highest BCUT2D eigenvalue weighted by atomic mass is 32.1. The number of H-pyrrole nitrogens is 1. The zero-order chi connectivity index (χ0) is 14.0. The van der Waals surface area contributed by atoms with E-state index in [1.165, 1.54) is 0 Å². The summed E-state index contributed by atoms with van der Waals surface area (Å²) in [5, 5.41) is 12.6. The Balaban J connectivity index is 2.40. The van der Waals surface area contributed by atoms with Crippen LogP contribution in [0.2, 0.25) is 0 Å². The molecule has 0 amide bonds. The van der Waals surface area contributed by atoms with Gasteiger partial charge in [-0.25, -0.2) is 4.98 Å². The summed E-state index contributed by atoms with van der Waals surface area (Å²) in [5.41, 5.74) is 2.75. The van der Waals surface area contributed by atoms with Crippen molar-refractivity contribution in [2.75, 3.05) is 0 Å². The van der Waals surface area contributed by atoms with Crippen molar-refractivity contribution in [3.8, 4) is 11.4 Å². The van der Waals surface area contributed by atoms with Crippen molar-refractivity contribution in [1.29, 1.82) is 0 Å². The molecule has 5 nitrogen and oxygen atoms in total.